The quantitative estimate of drug-likeness (QED) is 0.777. The number of anilines is 2. The predicted molar refractivity (Wildman–Crippen MR) is 61.5 cm³/mol. The molecule has 1 aromatic heterocycles. The Bertz CT molecular complexity index is 348. The molecule has 1 aliphatic carbocycles. The first-order valence-electron chi connectivity index (χ1n) is 5.42. The van der Waals surface area contributed by atoms with Crippen LogP contribution in [0.25, 0.3) is 0 Å². The van der Waals surface area contributed by atoms with Crippen molar-refractivity contribution in [1.29, 1.82) is 0 Å². The normalized spacial score (nSPS) is 24.0. The third-order valence-corrected chi connectivity index (χ3v) is 3.23. The highest BCUT2D eigenvalue weighted by Gasteiger charge is 2.34. The van der Waals surface area contributed by atoms with Crippen molar-refractivity contribution >= 4 is 11.6 Å². The van der Waals surface area contributed by atoms with Crippen molar-refractivity contribution in [1.82, 2.24) is 9.97 Å². The van der Waals surface area contributed by atoms with Crippen molar-refractivity contribution in [2.24, 2.45) is 5.41 Å². The Kier molecular flexibility index (Phi) is 2.50. The van der Waals surface area contributed by atoms with E-state index < -0.39 is 0 Å². The van der Waals surface area contributed by atoms with Crippen LogP contribution in [0, 0.1) is 5.41 Å². The van der Waals surface area contributed by atoms with Gasteiger partial charge in [-0.3, -0.25) is 4.98 Å². The number of nitrogens with zero attached hydrogens (tertiary/aromatic N) is 2. The number of aromatic nitrogens is 2. The van der Waals surface area contributed by atoms with Crippen LogP contribution in [0.3, 0.4) is 0 Å². The monoisotopic (exact) mass is 206 g/mol. The minimum Gasteiger partial charge on any atom is -0.382 e. The van der Waals surface area contributed by atoms with E-state index in [4.69, 9.17) is 5.73 Å². The van der Waals surface area contributed by atoms with Gasteiger partial charge in [0.15, 0.2) is 0 Å². The first kappa shape index (κ1) is 10.2. The van der Waals surface area contributed by atoms with Gasteiger partial charge in [-0.05, 0) is 18.3 Å². The number of hydrogen-bond donors (Lipinski definition) is 2. The molecule has 0 aromatic carbocycles. The van der Waals surface area contributed by atoms with Crippen LogP contribution in [-0.2, 0) is 0 Å². The first-order valence-corrected chi connectivity index (χ1v) is 5.42. The van der Waals surface area contributed by atoms with Crippen LogP contribution in [0.1, 0.15) is 33.1 Å². The average Bonchev–Trinajstić information content (AvgIpc) is 2.46. The maximum Gasteiger partial charge on any atom is 0.147 e. The third kappa shape index (κ3) is 2.19. The van der Waals surface area contributed by atoms with Gasteiger partial charge >= 0.3 is 0 Å². The lowest BCUT2D eigenvalue weighted by molar-refractivity contribution is 0.349. The highest BCUT2D eigenvalue weighted by atomic mass is 15.1. The first-order chi connectivity index (χ1) is 7.08. The molecule has 1 heterocycles. The summed E-state index contributed by atoms with van der Waals surface area (Å²) in [5.41, 5.74) is 5.93. The summed E-state index contributed by atoms with van der Waals surface area (Å²) in [4.78, 5) is 8.23. The molecule has 1 saturated carbocycles. The number of hydrogen-bond acceptors (Lipinski definition) is 4. The summed E-state index contributed by atoms with van der Waals surface area (Å²) < 4.78 is 0. The number of nitrogen functional groups attached to an aromatic ring is 1. The van der Waals surface area contributed by atoms with Gasteiger partial charge in [0.05, 0.1) is 12.4 Å². The molecule has 2 rings (SSSR count). The van der Waals surface area contributed by atoms with Gasteiger partial charge in [-0.1, -0.05) is 20.3 Å². The van der Waals surface area contributed by atoms with E-state index in [0.29, 0.717) is 17.3 Å². The van der Waals surface area contributed by atoms with Crippen molar-refractivity contribution < 1.29 is 0 Å². The van der Waals surface area contributed by atoms with Crippen LogP contribution in [0.5, 0.6) is 0 Å². The van der Waals surface area contributed by atoms with E-state index >= 15 is 0 Å². The molecular weight excluding hydrogens is 188 g/mol. The second kappa shape index (κ2) is 3.68. The zero-order valence-electron chi connectivity index (χ0n) is 9.33. The van der Waals surface area contributed by atoms with Crippen molar-refractivity contribution in [2.45, 2.75) is 39.2 Å². The Morgan fingerprint density at radius 1 is 1.47 bits per heavy atom. The molecule has 1 unspecified atom stereocenters. The van der Waals surface area contributed by atoms with E-state index in [-0.39, 0.29) is 0 Å². The molecule has 1 aliphatic rings. The van der Waals surface area contributed by atoms with E-state index in [9.17, 15) is 0 Å². The maximum absolute atomic E-state index is 5.59. The van der Waals surface area contributed by atoms with Crippen molar-refractivity contribution in [2.75, 3.05) is 11.1 Å². The molecule has 0 amide bonds. The van der Waals surface area contributed by atoms with Crippen LogP contribution < -0.4 is 11.1 Å². The van der Waals surface area contributed by atoms with Gasteiger partial charge in [0.2, 0.25) is 0 Å². The fraction of sp³-hybridized carbons (Fsp3) is 0.636. The van der Waals surface area contributed by atoms with Crippen LogP contribution in [-0.4, -0.2) is 16.0 Å². The second-order valence-corrected chi connectivity index (χ2v) is 4.91. The van der Waals surface area contributed by atoms with Gasteiger partial charge in [-0.2, -0.15) is 0 Å². The van der Waals surface area contributed by atoms with E-state index in [1.165, 1.54) is 19.3 Å². The summed E-state index contributed by atoms with van der Waals surface area (Å²) in [5.74, 6) is 1.26. The van der Waals surface area contributed by atoms with Gasteiger partial charge < -0.3 is 11.1 Å². The number of rotatable bonds is 2. The van der Waals surface area contributed by atoms with Crippen molar-refractivity contribution in [3.05, 3.63) is 12.4 Å². The van der Waals surface area contributed by atoms with Gasteiger partial charge in [0, 0.05) is 6.04 Å². The molecule has 0 aliphatic heterocycles. The molecule has 3 N–H and O–H groups in total. The summed E-state index contributed by atoms with van der Waals surface area (Å²) in [5, 5.41) is 3.42. The second-order valence-electron chi connectivity index (χ2n) is 4.91. The Morgan fingerprint density at radius 2 is 2.27 bits per heavy atom. The van der Waals surface area contributed by atoms with Crippen LogP contribution in [0.2, 0.25) is 0 Å². The lowest BCUT2D eigenvalue weighted by atomic mass is 9.87. The van der Waals surface area contributed by atoms with Gasteiger partial charge in [-0.15, -0.1) is 0 Å². The SMILES string of the molecule is CC1(C)CCCC1Nc1cncc(N)n1. The van der Waals surface area contributed by atoms with Crippen LogP contribution >= 0.6 is 0 Å². The molecule has 1 aromatic rings. The number of nitrogens with two attached hydrogens (primary N) is 1. The predicted octanol–water partition coefficient (Wildman–Crippen LogP) is 2.05. The lowest BCUT2D eigenvalue weighted by Gasteiger charge is -2.28. The molecule has 0 bridgehead atoms. The summed E-state index contributed by atoms with van der Waals surface area (Å²) in [6.07, 6.45) is 7.03. The molecule has 0 spiro atoms. The summed E-state index contributed by atoms with van der Waals surface area (Å²) in [7, 11) is 0. The van der Waals surface area contributed by atoms with Crippen molar-refractivity contribution in [3.63, 3.8) is 0 Å². The summed E-state index contributed by atoms with van der Waals surface area (Å²) in [6, 6.07) is 0.480. The highest BCUT2D eigenvalue weighted by Crippen LogP contribution is 2.38. The van der Waals surface area contributed by atoms with E-state index in [0.717, 1.165) is 5.82 Å². The number of nitrogens with one attached hydrogen (secondary N) is 1. The standard InChI is InChI=1S/C11H18N4/c1-11(2)5-3-4-8(11)14-10-7-13-6-9(12)15-10/h6-8H,3-5H2,1-2H3,(H3,12,14,15). The van der Waals surface area contributed by atoms with E-state index in [1.807, 2.05) is 0 Å². The summed E-state index contributed by atoms with van der Waals surface area (Å²) in [6.45, 7) is 4.58. The Hall–Kier alpha value is -1.32. The van der Waals surface area contributed by atoms with Gasteiger partial charge in [0.1, 0.15) is 11.6 Å². The Balaban J connectivity index is 2.09. The minimum atomic E-state index is 0.340. The van der Waals surface area contributed by atoms with Crippen molar-refractivity contribution in [3.8, 4) is 0 Å². The lowest BCUT2D eigenvalue weighted by Crippen LogP contribution is -2.31. The Morgan fingerprint density at radius 3 is 2.87 bits per heavy atom. The molecule has 1 fully saturated rings. The van der Waals surface area contributed by atoms with Gasteiger partial charge in [0.25, 0.3) is 0 Å². The molecule has 82 valence electrons. The minimum absolute atomic E-state index is 0.340. The zero-order chi connectivity index (χ0) is 10.9. The molecule has 15 heavy (non-hydrogen) atoms. The van der Waals surface area contributed by atoms with Gasteiger partial charge in [-0.25, -0.2) is 4.98 Å². The summed E-state index contributed by atoms with van der Waals surface area (Å²) >= 11 is 0. The van der Waals surface area contributed by atoms with Crippen LogP contribution in [0.15, 0.2) is 12.4 Å². The molecule has 0 saturated heterocycles. The molecular formula is C11H18N4. The molecule has 4 heteroatoms. The Labute approximate surface area is 90.3 Å². The molecule has 0 radical (unpaired) electrons. The third-order valence-electron chi connectivity index (χ3n) is 3.23. The topological polar surface area (TPSA) is 63.8 Å². The smallest absolute Gasteiger partial charge is 0.147 e. The zero-order valence-corrected chi connectivity index (χ0v) is 9.33. The fourth-order valence-corrected chi connectivity index (χ4v) is 2.22. The largest absolute Gasteiger partial charge is 0.382 e. The molecule has 4 nitrogen and oxygen atoms in total. The van der Waals surface area contributed by atoms with E-state index in [2.05, 4.69) is 29.1 Å². The highest BCUT2D eigenvalue weighted by molar-refractivity contribution is 5.39. The van der Waals surface area contributed by atoms with Crippen LogP contribution in [0.4, 0.5) is 11.6 Å². The molecule has 1 atom stereocenters. The van der Waals surface area contributed by atoms with E-state index in [1.54, 1.807) is 12.4 Å². The average molecular weight is 206 g/mol. The maximum atomic E-state index is 5.59. The fourth-order valence-electron chi connectivity index (χ4n) is 2.22.